The average Bonchev–Trinajstić information content (AvgIpc) is 2.81. The van der Waals surface area contributed by atoms with E-state index in [1.165, 1.54) is 37.0 Å². The Labute approximate surface area is 107 Å². The molecule has 0 spiro atoms. The molecule has 0 aromatic carbocycles. The second kappa shape index (κ2) is 5.04. The fourth-order valence-electron chi connectivity index (χ4n) is 3.47. The molecule has 17 heavy (non-hydrogen) atoms. The smallest absolute Gasteiger partial charge is 0.0794 e. The van der Waals surface area contributed by atoms with Crippen molar-refractivity contribution in [1.82, 2.24) is 15.2 Å². The van der Waals surface area contributed by atoms with Crippen LogP contribution in [0.2, 0.25) is 0 Å². The van der Waals surface area contributed by atoms with Gasteiger partial charge in [-0.1, -0.05) is 6.42 Å². The van der Waals surface area contributed by atoms with Gasteiger partial charge in [0.1, 0.15) is 0 Å². The summed E-state index contributed by atoms with van der Waals surface area (Å²) in [6.45, 7) is 1.12. The molecule has 1 aromatic heterocycles. The number of thiazole rings is 1. The number of piperidine rings is 2. The maximum Gasteiger partial charge on any atom is 0.0794 e. The number of rotatable bonds is 3. The number of fused-ring (bicyclic) bond motifs is 2. The minimum absolute atomic E-state index is 0.739. The van der Waals surface area contributed by atoms with Crippen LogP contribution in [0.15, 0.2) is 11.7 Å². The molecule has 3 heterocycles. The zero-order chi connectivity index (χ0) is 11.7. The molecule has 0 amide bonds. The van der Waals surface area contributed by atoms with Gasteiger partial charge in [0.25, 0.3) is 0 Å². The van der Waals surface area contributed by atoms with Crippen molar-refractivity contribution in [2.75, 3.05) is 7.05 Å². The highest BCUT2D eigenvalue weighted by atomic mass is 32.1. The molecule has 2 fully saturated rings. The molecule has 2 bridgehead atoms. The van der Waals surface area contributed by atoms with E-state index in [0.29, 0.717) is 0 Å². The molecule has 0 radical (unpaired) electrons. The summed E-state index contributed by atoms with van der Waals surface area (Å²) in [5.41, 5.74) is 1.95. The van der Waals surface area contributed by atoms with E-state index in [0.717, 1.165) is 24.7 Å². The normalized spacial score (nSPS) is 33.8. The lowest BCUT2D eigenvalue weighted by atomic mass is 9.82. The SMILES string of the molecule is CNC1CC2CCCC(C1)N2Cc1cncs1. The standard InChI is InChI=1S/C13H21N3S/c1-14-10-5-11-3-2-4-12(6-10)16(11)8-13-7-15-9-17-13/h7,9-12,14H,2-6,8H2,1H3. The van der Waals surface area contributed by atoms with Crippen LogP contribution in [0.1, 0.15) is 37.0 Å². The quantitative estimate of drug-likeness (QED) is 0.893. The first-order chi connectivity index (χ1) is 8.36. The van der Waals surface area contributed by atoms with Gasteiger partial charge in [-0.15, -0.1) is 11.3 Å². The zero-order valence-electron chi connectivity index (χ0n) is 10.4. The number of hydrogen-bond donors (Lipinski definition) is 1. The van der Waals surface area contributed by atoms with E-state index >= 15 is 0 Å². The Hall–Kier alpha value is -0.450. The van der Waals surface area contributed by atoms with E-state index in [1.807, 2.05) is 11.7 Å². The molecular formula is C13H21N3S. The van der Waals surface area contributed by atoms with Crippen LogP contribution < -0.4 is 5.32 Å². The van der Waals surface area contributed by atoms with Crippen LogP contribution in [0.4, 0.5) is 0 Å². The van der Waals surface area contributed by atoms with E-state index in [2.05, 4.69) is 22.2 Å². The van der Waals surface area contributed by atoms with E-state index in [9.17, 15) is 0 Å². The molecule has 1 N–H and O–H groups in total. The highest BCUT2D eigenvalue weighted by molar-refractivity contribution is 7.09. The number of nitrogens with zero attached hydrogens (tertiary/aromatic N) is 2. The van der Waals surface area contributed by atoms with Crippen molar-refractivity contribution >= 4 is 11.3 Å². The van der Waals surface area contributed by atoms with E-state index in [-0.39, 0.29) is 0 Å². The number of hydrogen-bond acceptors (Lipinski definition) is 4. The Balaban J connectivity index is 1.71. The summed E-state index contributed by atoms with van der Waals surface area (Å²) in [7, 11) is 2.11. The van der Waals surface area contributed by atoms with Gasteiger partial charge >= 0.3 is 0 Å². The lowest BCUT2D eigenvalue weighted by Gasteiger charge is -2.48. The van der Waals surface area contributed by atoms with Gasteiger partial charge in [-0.2, -0.15) is 0 Å². The Bertz CT molecular complexity index is 338. The van der Waals surface area contributed by atoms with E-state index in [4.69, 9.17) is 0 Å². The largest absolute Gasteiger partial charge is 0.317 e. The van der Waals surface area contributed by atoms with Crippen LogP contribution in [0, 0.1) is 0 Å². The molecule has 0 saturated carbocycles. The molecule has 2 aliphatic rings. The van der Waals surface area contributed by atoms with Crippen LogP contribution in [0.5, 0.6) is 0 Å². The first-order valence-corrected chi connectivity index (χ1v) is 7.55. The number of aromatic nitrogens is 1. The maximum absolute atomic E-state index is 4.19. The zero-order valence-corrected chi connectivity index (χ0v) is 11.2. The minimum atomic E-state index is 0.739. The Morgan fingerprint density at radius 3 is 2.76 bits per heavy atom. The Morgan fingerprint density at radius 1 is 1.41 bits per heavy atom. The molecule has 94 valence electrons. The second-order valence-corrected chi connectivity index (χ2v) is 6.31. The molecule has 2 atom stereocenters. The summed E-state index contributed by atoms with van der Waals surface area (Å²) in [5.74, 6) is 0. The van der Waals surface area contributed by atoms with Crippen LogP contribution in [0.25, 0.3) is 0 Å². The Morgan fingerprint density at radius 2 is 2.18 bits per heavy atom. The van der Waals surface area contributed by atoms with Crippen molar-refractivity contribution in [3.63, 3.8) is 0 Å². The highest BCUT2D eigenvalue weighted by Crippen LogP contribution is 2.35. The molecule has 2 aliphatic heterocycles. The van der Waals surface area contributed by atoms with Gasteiger partial charge in [0.2, 0.25) is 0 Å². The van der Waals surface area contributed by atoms with Gasteiger partial charge in [0.15, 0.2) is 0 Å². The van der Waals surface area contributed by atoms with Crippen molar-refractivity contribution < 1.29 is 0 Å². The summed E-state index contributed by atoms with van der Waals surface area (Å²) in [5, 5.41) is 3.48. The molecule has 2 unspecified atom stereocenters. The highest BCUT2D eigenvalue weighted by Gasteiger charge is 2.37. The fourth-order valence-corrected chi connectivity index (χ4v) is 4.07. The summed E-state index contributed by atoms with van der Waals surface area (Å²) in [6, 6.07) is 2.33. The summed E-state index contributed by atoms with van der Waals surface area (Å²) in [6.07, 6.45) is 8.87. The van der Waals surface area contributed by atoms with Crippen LogP contribution in [-0.4, -0.2) is 35.1 Å². The maximum atomic E-state index is 4.19. The lowest BCUT2D eigenvalue weighted by Crippen LogP contribution is -2.55. The van der Waals surface area contributed by atoms with E-state index in [1.54, 1.807) is 11.3 Å². The van der Waals surface area contributed by atoms with Crippen molar-refractivity contribution in [1.29, 1.82) is 0 Å². The fraction of sp³-hybridized carbons (Fsp3) is 0.769. The molecule has 3 nitrogen and oxygen atoms in total. The third kappa shape index (κ3) is 2.39. The van der Waals surface area contributed by atoms with Gasteiger partial charge in [0, 0.05) is 35.7 Å². The third-order valence-electron chi connectivity index (χ3n) is 4.36. The molecule has 3 rings (SSSR count). The van der Waals surface area contributed by atoms with Crippen LogP contribution in [0.3, 0.4) is 0 Å². The average molecular weight is 251 g/mol. The van der Waals surface area contributed by atoms with Crippen molar-refractivity contribution in [2.24, 2.45) is 0 Å². The van der Waals surface area contributed by atoms with Crippen LogP contribution in [-0.2, 0) is 6.54 Å². The summed E-state index contributed by atoms with van der Waals surface area (Å²) < 4.78 is 0. The van der Waals surface area contributed by atoms with Gasteiger partial charge in [0.05, 0.1) is 5.51 Å². The monoisotopic (exact) mass is 251 g/mol. The number of nitrogens with one attached hydrogen (secondary N) is 1. The van der Waals surface area contributed by atoms with Gasteiger partial charge < -0.3 is 5.32 Å². The van der Waals surface area contributed by atoms with Gasteiger partial charge in [-0.25, -0.2) is 0 Å². The van der Waals surface area contributed by atoms with Gasteiger partial charge in [-0.05, 0) is 32.7 Å². The predicted molar refractivity (Wildman–Crippen MR) is 71.2 cm³/mol. The topological polar surface area (TPSA) is 28.2 Å². The molecular weight excluding hydrogens is 230 g/mol. The summed E-state index contributed by atoms with van der Waals surface area (Å²) >= 11 is 1.79. The van der Waals surface area contributed by atoms with Crippen LogP contribution >= 0.6 is 11.3 Å². The van der Waals surface area contributed by atoms with Crippen molar-refractivity contribution in [3.05, 3.63) is 16.6 Å². The van der Waals surface area contributed by atoms with Crippen molar-refractivity contribution in [2.45, 2.75) is 56.8 Å². The van der Waals surface area contributed by atoms with Crippen molar-refractivity contribution in [3.8, 4) is 0 Å². The molecule has 0 aliphatic carbocycles. The molecule has 1 aromatic rings. The van der Waals surface area contributed by atoms with E-state index < -0.39 is 0 Å². The predicted octanol–water partition coefficient (Wildman–Crippen LogP) is 2.25. The Kier molecular flexibility index (Phi) is 3.45. The second-order valence-electron chi connectivity index (χ2n) is 5.34. The summed E-state index contributed by atoms with van der Waals surface area (Å²) in [4.78, 5) is 8.35. The minimum Gasteiger partial charge on any atom is -0.317 e. The molecule has 4 heteroatoms. The first-order valence-electron chi connectivity index (χ1n) is 6.67. The van der Waals surface area contributed by atoms with Gasteiger partial charge in [-0.3, -0.25) is 9.88 Å². The lowest BCUT2D eigenvalue weighted by molar-refractivity contribution is 0.0198. The third-order valence-corrected chi connectivity index (χ3v) is 5.12. The first kappa shape index (κ1) is 11.6. The molecule has 2 saturated heterocycles.